The van der Waals surface area contributed by atoms with Gasteiger partial charge in [-0.3, -0.25) is 0 Å². The summed E-state index contributed by atoms with van der Waals surface area (Å²) in [5.74, 6) is 1.42. The molecule has 30 heavy (non-hydrogen) atoms. The Kier molecular flexibility index (Phi) is 6.57. The van der Waals surface area contributed by atoms with Crippen LogP contribution >= 0.6 is 0 Å². The molecular formula is C23H30N2O5. The molecule has 1 atom stereocenters. The van der Waals surface area contributed by atoms with Crippen LogP contribution in [-0.4, -0.2) is 48.6 Å². The highest BCUT2D eigenvalue weighted by atomic mass is 16.6. The Labute approximate surface area is 177 Å². The van der Waals surface area contributed by atoms with Crippen LogP contribution in [0.2, 0.25) is 0 Å². The van der Waals surface area contributed by atoms with Crippen molar-refractivity contribution in [2.45, 2.75) is 64.2 Å². The number of rotatable bonds is 6. The number of nitrogens with zero attached hydrogens (tertiary/aromatic N) is 2. The zero-order chi connectivity index (χ0) is 20.9. The zero-order valence-electron chi connectivity index (χ0n) is 17.8. The Morgan fingerprint density at radius 3 is 2.63 bits per heavy atom. The molecule has 1 amide bonds. The fraction of sp³-hybridized carbons (Fsp3) is 0.565. The van der Waals surface area contributed by atoms with Crippen molar-refractivity contribution in [3.8, 4) is 17.1 Å². The van der Waals surface area contributed by atoms with Gasteiger partial charge in [0.05, 0.1) is 17.9 Å². The van der Waals surface area contributed by atoms with E-state index in [9.17, 15) is 4.79 Å². The van der Waals surface area contributed by atoms with Crippen molar-refractivity contribution in [3.05, 3.63) is 35.5 Å². The quantitative estimate of drug-likeness (QED) is 0.681. The molecule has 2 aromatic rings. The molecule has 1 aromatic heterocycles. The highest BCUT2D eigenvalue weighted by molar-refractivity contribution is 5.68. The van der Waals surface area contributed by atoms with Crippen molar-refractivity contribution < 1.29 is 23.5 Å². The molecule has 1 aliphatic carbocycles. The van der Waals surface area contributed by atoms with Gasteiger partial charge in [-0.2, -0.15) is 0 Å². The lowest BCUT2D eigenvalue weighted by Crippen LogP contribution is -2.35. The molecule has 1 saturated heterocycles. The smallest absolute Gasteiger partial charge is 0.410 e. The van der Waals surface area contributed by atoms with Gasteiger partial charge in [0.15, 0.2) is 5.76 Å². The molecule has 0 N–H and O–H groups in total. The van der Waals surface area contributed by atoms with Crippen LogP contribution in [0.15, 0.2) is 28.8 Å². The standard InChI is InChI=1S/C23H30N2O5/c1-16-21(15-28-23(26)25(2)18-6-3-4-7-18)22(30-24-16)17-9-11-19(12-10-17)29-20-8-5-13-27-14-20/h9-12,18,20H,3-8,13-15H2,1-2H3. The lowest BCUT2D eigenvalue weighted by Gasteiger charge is -2.23. The Morgan fingerprint density at radius 1 is 1.17 bits per heavy atom. The van der Waals surface area contributed by atoms with Gasteiger partial charge in [0.25, 0.3) is 0 Å². The minimum Gasteiger partial charge on any atom is -0.488 e. The van der Waals surface area contributed by atoms with E-state index in [1.54, 1.807) is 4.90 Å². The van der Waals surface area contributed by atoms with E-state index in [-0.39, 0.29) is 24.8 Å². The number of ether oxygens (including phenoxy) is 3. The molecule has 1 aromatic carbocycles. The average Bonchev–Trinajstić information content (AvgIpc) is 3.43. The van der Waals surface area contributed by atoms with Crippen LogP contribution in [0, 0.1) is 6.92 Å². The normalized spacial score (nSPS) is 19.6. The molecule has 1 aliphatic heterocycles. The number of amides is 1. The maximum atomic E-state index is 12.4. The highest BCUT2D eigenvalue weighted by Crippen LogP contribution is 2.30. The van der Waals surface area contributed by atoms with Gasteiger partial charge in [0.1, 0.15) is 18.5 Å². The molecule has 2 aliphatic rings. The first-order chi connectivity index (χ1) is 14.6. The van der Waals surface area contributed by atoms with E-state index in [0.717, 1.165) is 54.9 Å². The molecule has 7 heteroatoms. The molecule has 0 radical (unpaired) electrons. The second kappa shape index (κ2) is 9.51. The minimum absolute atomic E-state index is 0.101. The lowest BCUT2D eigenvalue weighted by atomic mass is 10.1. The number of hydrogen-bond donors (Lipinski definition) is 0. The predicted molar refractivity (Wildman–Crippen MR) is 111 cm³/mol. The molecule has 0 bridgehead atoms. The van der Waals surface area contributed by atoms with Gasteiger partial charge in [-0.25, -0.2) is 4.79 Å². The molecule has 1 saturated carbocycles. The van der Waals surface area contributed by atoms with Gasteiger partial charge in [0, 0.05) is 25.3 Å². The summed E-state index contributed by atoms with van der Waals surface area (Å²) in [5.41, 5.74) is 2.39. The molecule has 7 nitrogen and oxygen atoms in total. The Morgan fingerprint density at radius 2 is 1.93 bits per heavy atom. The van der Waals surface area contributed by atoms with Crippen LogP contribution in [0.4, 0.5) is 4.79 Å². The Hall–Kier alpha value is -2.54. The van der Waals surface area contributed by atoms with Gasteiger partial charge >= 0.3 is 6.09 Å². The lowest BCUT2D eigenvalue weighted by molar-refractivity contribution is 0.00743. The number of carbonyl (C=O) groups excluding carboxylic acids is 1. The van der Waals surface area contributed by atoms with Crippen molar-refractivity contribution in [2.24, 2.45) is 0 Å². The largest absolute Gasteiger partial charge is 0.488 e. The zero-order valence-corrected chi connectivity index (χ0v) is 17.8. The van der Waals surface area contributed by atoms with E-state index in [0.29, 0.717) is 12.4 Å². The van der Waals surface area contributed by atoms with Crippen LogP contribution < -0.4 is 4.74 Å². The summed E-state index contributed by atoms with van der Waals surface area (Å²) in [6.45, 7) is 3.44. The van der Waals surface area contributed by atoms with Gasteiger partial charge in [0.2, 0.25) is 0 Å². The summed E-state index contributed by atoms with van der Waals surface area (Å²) in [5, 5.41) is 4.08. The Balaban J connectivity index is 1.39. The molecular weight excluding hydrogens is 384 g/mol. The Bertz CT molecular complexity index is 836. The third kappa shape index (κ3) is 4.78. The van der Waals surface area contributed by atoms with E-state index in [1.807, 2.05) is 38.2 Å². The van der Waals surface area contributed by atoms with E-state index in [1.165, 1.54) is 12.8 Å². The van der Waals surface area contributed by atoms with Gasteiger partial charge < -0.3 is 23.6 Å². The molecule has 2 heterocycles. The molecule has 1 unspecified atom stereocenters. The van der Waals surface area contributed by atoms with Gasteiger partial charge in [-0.1, -0.05) is 18.0 Å². The monoisotopic (exact) mass is 414 g/mol. The fourth-order valence-corrected chi connectivity index (χ4v) is 4.14. The van der Waals surface area contributed by atoms with Crippen LogP contribution in [0.1, 0.15) is 49.8 Å². The maximum Gasteiger partial charge on any atom is 0.410 e. The average molecular weight is 415 g/mol. The highest BCUT2D eigenvalue weighted by Gasteiger charge is 2.25. The van der Waals surface area contributed by atoms with Gasteiger partial charge in [-0.15, -0.1) is 0 Å². The first-order valence-electron chi connectivity index (χ1n) is 10.8. The summed E-state index contributed by atoms with van der Waals surface area (Å²) in [7, 11) is 1.82. The number of hydrogen-bond acceptors (Lipinski definition) is 6. The van der Waals surface area contributed by atoms with Crippen LogP contribution in [-0.2, 0) is 16.1 Å². The maximum absolute atomic E-state index is 12.4. The van der Waals surface area contributed by atoms with Crippen molar-refractivity contribution in [2.75, 3.05) is 20.3 Å². The summed E-state index contributed by atoms with van der Waals surface area (Å²) >= 11 is 0. The minimum atomic E-state index is -0.299. The molecule has 162 valence electrons. The van der Waals surface area contributed by atoms with E-state index in [4.69, 9.17) is 18.7 Å². The first-order valence-corrected chi connectivity index (χ1v) is 10.8. The number of carbonyl (C=O) groups is 1. The van der Waals surface area contributed by atoms with Crippen molar-refractivity contribution >= 4 is 6.09 Å². The van der Waals surface area contributed by atoms with E-state index < -0.39 is 0 Å². The van der Waals surface area contributed by atoms with Crippen molar-refractivity contribution in [1.82, 2.24) is 10.1 Å². The third-order valence-corrected chi connectivity index (χ3v) is 6.02. The van der Waals surface area contributed by atoms with Gasteiger partial charge in [-0.05, 0) is 56.9 Å². The summed E-state index contributed by atoms with van der Waals surface area (Å²) in [4.78, 5) is 14.2. The van der Waals surface area contributed by atoms with Crippen LogP contribution in [0.3, 0.4) is 0 Å². The topological polar surface area (TPSA) is 74.0 Å². The van der Waals surface area contributed by atoms with Crippen molar-refractivity contribution in [1.29, 1.82) is 0 Å². The number of benzene rings is 1. The third-order valence-electron chi connectivity index (χ3n) is 6.02. The fourth-order valence-electron chi connectivity index (χ4n) is 4.14. The predicted octanol–water partition coefficient (Wildman–Crippen LogP) is 4.72. The van der Waals surface area contributed by atoms with E-state index >= 15 is 0 Å². The number of aryl methyl sites for hydroxylation is 1. The van der Waals surface area contributed by atoms with Crippen LogP contribution in [0.25, 0.3) is 11.3 Å². The van der Waals surface area contributed by atoms with E-state index in [2.05, 4.69) is 5.16 Å². The summed E-state index contributed by atoms with van der Waals surface area (Å²) in [6, 6.07) is 8.00. The van der Waals surface area contributed by atoms with Crippen molar-refractivity contribution in [3.63, 3.8) is 0 Å². The van der Waals surface area contributed by atoms with Crippen LogP contribution in [0.5, 0.6) is 5.75 Å². The summed E-state index contributed by atoms with van der Waals surface area (Å²) < 4.78 is 22.6. The summed E-state index contributed by atoms with van der Waals surface area (Å²) in [6.07, 6.45) is 6.27. The molecule has 0 spiro atoms. The molecule has 4 rings (SSSR count). The first kappa shape index (κ1) is 20.7. The molecule has 2 fully saturated rings. The SMILES string of the molecule is Cc1noc(-c2ccc(OC3CCCOC3)cc2)c1COC(=O)N(C)C1CCCC1. The second-order valence-corrected chi connectivity index (χ2v) is 8.16. The number of aromatic nitrogens is 1. The second-order valence-electron chi connectivity index (χ2n) is 8.16.